The maximum absolute atomic E-state index is 12.6. The second-order valence-corrected chi connectivity index (χ2v) is 7.04. The van der Waals surface area contributed by atoms with E-state index >= 15 is 0 Å². The third-order valence-corrected chi connectivity index (χ3v) is 5.70. The van der Waals surface area contributed by atoms with Crippen LogP contribution in [0.2, 0.25) is 0 Å². The summed E-state index contributed by atoms with van der Waals surface area (Å²) in [6, 6.07) is 0.273. The average Bonchev–Trinajstić information content (AvgIpc) is 2.99. The summed E-state index contributed by atoms with van der Waals surface area (Å²) in [4.78, 5) is 29.4. The molecule has 9 heteroatoms. The van der Waals surface area contributed by atoms with Gasteiger partial charge in [0.05, 0.1) is 5.69 Å². The molecule has 1 aromatic heterocycles. The van der Waals surface area contributed by atoms with Crippen molar-refractivity contribution in [2.75, 3.05) is 33.2 Å². The van der Waals surface area contributed by atoms with Crippen LogP contribution in [0.15, 0.2) is 0 Å². The normalized spacial score (nSPS) is 23.7. The Labute approximate surface area is 152 Å². The molecule has 1 N–H and O–H groups in total. The number of halogens is 1. The highest BCUT2D eigenvalue weighted by molar-refractivity contribution is 7.07. The highest BCUT2D eigenvalue weighted by Gasteiger charge is 2.40. The van der Waals surface area contributed by atoms with E-state index < -0.39 is 0 Å². The minimum Gasteiger partial charge on any atom is -0.338 e. The summed E-state index contributed by atoms with van der Waals surface area (Å²) in [6.07, 6.45) is 2.33. The molecule has 0 spiro atoms. The van der Waals surface area contributed by atoms with Crippen molar-refractivity contribution < 1.29 is 9.59 Å². The molecule has 2 saturated heterocycles. The Kier molecular flexibility index (Phi) is 6.54. The number of hydrogen-bond acceptors (Lipinski definition) is 6. The van der Waals surface area contributed by atoms with E-state index in [9.17, 15) is 9.59 Å². The van der Waals surface area contributed by atoms with Crippen LogP contribution in [0.1, 0.15) is 34.6 Å². The largest absolute Gasteiger partial charge is 0.338 e. The summed E-state index contributed by atoms with van der Waals surface area (Å²) in [5, 5.41) is 7.04. The summed E-state index contributed by atoms with van der Waals surface area (Å²) >= 11 is 1.17. The SMILES string of the molecule is CNCCN1C(=O)CC[C@H]2CN(C(=O)c3snnc3C)CC[C@H]21.Cl. The van der Waals surface area contributed by atoms with E-state index in [4.69, 9.17) is 0 Å². The van der Waals surface area contributed by atoms with Crippen molar-refractivity contribution in [3.63, 3.8) is 0 Å². The summed E-state index contributed by atoms with van der Waals surface area (Å²) in [5.74, 6) is 0.668. The monoisotopic (exact) mass is 373 g/mol. The molecule has 0 radical (unpaired) electrons. The number of aromatic nitrogens is 2. The molecule has 24 heavy (non-hydrogen) atoms. The van der Waals surface area contributed by atoms with E-state index in [-0.39, 0.29) is 30.3 Å². The van der Waals surface area contributed by atoms with Gasteiger partial charge in [-0.25, -0.2) is 0 Å². The van der Waals surface area contributed by atoms with Gasteiger partial charge < -0.3 is 15.1 Å². The number of nitrogens with one attached hydrogen (secondary N) is 1. The molecule has 1 aromatic rings. The van der Waals surface area contributed by atoms with Crippen LogP contribution in [-0.2, 0) is 4.79 Å². The third kappa shape index (κ3) is 3.70. The lowest BCUT2D eigenvalue weighted by atomic mass is 9.83. The Morgan fingerprint density at radius 2 is 2.21 bits per heavy atom. The van der Waals surface area contributed by atoms with Crippen LogP contribution in [-0.4, -0.2) is 70.5 Å². The van der Waals surface area contributed by atoms with Gasteiger partial charge in [0.15, 0.2) is 0 Å². The van der Waals surface area contributed by atoms with E-state index in [2.05, 4.69) is 14.9 Å². The first-order valence-corrected chi connectivity index (χ1v) is 8.91. The lowest BCUT2D eigenvalue weighted by Gasteiger charge is -2.47. The molecular formula is C15H24ClN5O2S. The van der Waals surface area contributed by atoms with Crippen LogP contribution < -0.4 is 5.32 Å². The van der Waals surface area contributed by atoms with Crippen molar-refractivity contribution >= 4 is 35.8 Å². The highest BCUT2D eigenvalue weighted by atomic mass is 35.5. The van der Waals surface area contributed by atoms with Crippen LogP contribution in [0, 0.1) is 12.8 Å². The van der Waals surface area contributed by atoms with Gasteiger partial charge in [-0.05, 0) is 44.3 Å². The molecule has 3 heterocycles. The molecule has 0 bridgehead atoms. The van der Waals surface area contributed by atoms with Crippen LogP contribution >= 0.6 is 23.9 Å². The fourth-order valence-electron chi connectivity index (χ4n) is 3.63. The molecule has 134 valence electrons. The first-order valence-electron chi connectivity index (χ1n) is 8.14. The summed E-state index contributed by atoms with van der Waals surface area (Å²) in [7, 11) is 1.90. The number of likely N-dealkylation sites (tertiary alicyclic amines) is 2. The van der Waals surface area contributed by atoms with E-state index in [0.29, 0.717) is 29.5 Å². The van der Waals surface area contributed by atoms with E-state index in [0.717, 1.165) is 32.5 Å². The van der Waals surface area contributed by atoms with E-state index in [1.54, 1.807) is 0 Å². The Hall–Kier alpha value is -1.25. The van der Waals surface area contributed by atoms with Gasteiger partial charge in [0.1, 0.15) is 4.88 Å². The maximum Gasteiger partial charge on any atom is 0.267 e. The van der Waals surface area contributed by atoms with Gasteiger partial charge in [0.2, 0.25) is 5.91 Å². The van der Waals surface area contributed by atoms with Gasteiger partial charge in [0, 0.05) is 38.6 Å². The molecule has 3 rings (SSSR count). The molecular weight excluding hydrogens is 350 g/mol. The number of rotatable bonds is 4. The molecule has 2 fully saturated rings. The van der Waals surface area contributed by atoms with Crippen molar-refractivity contribution in [3.05, 3.63) is 10.6 Å². The number of aryl methyl sites for hydroxylation is 1. The molecule has 0 saturated carbocycles. The molecule has 2 aliphatic rings. The van der Waals surface area contributed by atoms with Crippen molar-refractivity contribution in [1.82, 2.24) is 24.7 Å². The van der Waals surface area contributed by atoms with Crippen LogP contribution in [0.3, 0.4) is 0 Å². The first-order chi connectivity index (χ1) is 11.1. The third-order valence-electron chi connectivity index (χ3n) is 4.88. The topological polar surface area (TPSA) is 78.4 Å². The minimum atomic E-state index is 0. The van der Waals surface area contributed by atoms with Gasteiger partial charge in [-0.3, -0.25) is 9.59 Å². The predicted octanol–water partition coefficient (Wildman–Crippen LogP) is 0.941. The predicted molar refractivity (Wildman–Crippen MR) is 94.6 cm³/mol. The van der Waals surface area contributed by atoms with E-state index in [1.807, 2.05) is 23.8 Å². The zero-order valence-electron chi connectivity index (χ0n) is 14.0. The lowest BCUT2D eigenvalue weighted by Crippen LogP contribution is -2.57. The average molecular weight is 374 g/mol. The second kappa shape index (κ2) is 8.22. The van der Waals surface area contributed by atoms with Gasteiger partial charge in [-0.1, -0.05) is 4.49 Å². The van der Waals surface area contributed by atoms with Crippen molar-refractivity contribution in [3.8, 4) is 0 Å². The number of hydrogen-bond donors (Lipinski definition) is 1. The summed E-state index contributed by atoms with van der Waals surface area (Å²) in [6.45, 7) is 4.80. The number of piperidine rings is 2. The number of likely N-dealkylation sites (N-methyl/N-ethyl adjacent to an activating group) is 1. The molecule has 2 atom stereocenters. The van der Waals surface area contributed by atoms with Gasteiger partial charge in [0.25, 0.3) is 5.91 Å². The summed E-state index contributed by atoms with van der Waals surface area (Å²) < 4.78 is 3.86. The number of fused-ring (bicyclic) bond motifs is 1. The Balaban J connectivity index is 0.00000208. The first kappa shape index (κ1) is 19.1. The number of carbonyl (C=O) groups excluding carboxylic acids is 2. The van der Waals surface area contributed by atoms with Gasteiger partial charge in [-0.2, -0.15) is 0 Å². The summed E-state index contributed by atoms with van der Waals surface area (Å²) in [5.41, 5.74) is 0.705. The molecule has 0 unspecified atom stereocenters. The Bertz CT molecular complexity index is 596. The number of nitrogens with zero attached hydrogens (tertiary/aromatic N) is 4. The maximum atomic E-state index is 12.6. The van der Waals surface area contributed by atoms with Crippen molar-refractivity contribution in [2.24, 2.45) is 5.92 Å². The fraction of sp³-hybridized carbons (Fsp3) is 0.733. The smallest absolute Gasteiger partial charge is 0.267 e. The van der Waals surface area contributed by atoms with Crippen molar-refractivity contribution in [2.45, 2.75) is 32.2 Å². The number of carbonyl (C=O) groups is 2. The Morgan fingerprint density at radius 1 is 1.42 bits per heavy atom. The minimum absolute atomic E-state index is 0. The fourth-order valence-corrected chi connectivity index (χ4v) is 4.25. The van der Waals surface area contributed by atoms with Crippen LogP contribution in [0.25, 0.3) is 0 Å². The zero-order valence-corrected chi connectivity index (χ0v) is 15.7. The highest BCUT2D eigenvalue weighted by Crippen LogP contribution is 2.32. The van der Waals surface area contributed by atoms with Gasteiger partial charge >= 0.3 is 0 Å². The zero-order chi connectivity index (χ0) is 16.4. The Morgan fingerprint density at radius 3 is 2.88 bits per heavy atom. The molecule has 2 amide bonds. The lowest BCUT2D eigenvalue weighted by molar-refractivity contribution is -0.140. The molecule has 2 aliphatic heterocycles. The van der Waals surface area contributed by atoms with Gasteiger partial charge in [-0.15, -0.1) is 17.5 Å². The quantitative estimate of drug-likeness (QED) is 0.849. The molecule has 7 nitrogen and oxygen atoms in total. The van der Waals surface area contributed by atoms with Crippen molar-refractivity contribution in [1.29, 1.82) is 0 Å². The van der Waals surface area contributed by atoms with Crippen LogP contribution in [0.4, 0.5) is 0 Å². The molecule has 0 aliphatic carbocycles. The number of amides is 2. The molecule has 0 aromatic carbocycles. The second-order valence-electron chi connectivity index (χ2n) is 6.28. The van der Waals surface area contributed by atoms with Crippen LogP contribution in [0.5, 0.6) is 0 Å². The van der Waals surface area contributed by atoms with E-state index in [1.165, 1.54) is 11.5 Å². The standard InChI is InChI=1S/C15H23N5O2S.ClH/c1-10-14(23-18-17-10)15(22)19-7-5-12-11(9-19)3-4-13(21)20(12)8-6-16-2;/h11-12,16H,3-9H2,1-2H3;1H/t11-,12+;/m0./s1.